The van der Waals surface area contributed by atoms with Gasteiger partial charge in [0.05, 0.1) is 0 Å². The standard InChI is InChI=1S/C9H15NO6.B/c1-4-7(11)14-10(15-8(12)5-2)16-9(13)6-3;/h4-6H2,1-3H3;. The first-order valence-electron chi connectivity index (χ1n) is 4.95. The van der Waals surface area contributed by atoms with Crippen molar-refractivity contribution in [3.05, 3.63) is 0 Å². The summed E-state index contributed by atoms with van der Waals surface area (Å²) in [6.07, 6.45) is 0.178. The molecule has 95 valence electrons. The van der Waals surface area contributed by atoms with E-state index in [4.69, 9.17) is 0 Å². The second-order valence-corrected chi connectivity index (χ2v) is 2.67. The van der Waals surface area contributed by atoms with Gasteiger partial charge >= 0.3 is 17.9 Å². The van der Waals surface area contributed by atoms with E-state index in [-0.39, 0.29) is 33.1 Å². The largest absolute Gasteiger partial charge is 0.332 e. The van der Waals surface area contributed by atoms with E-state index in [9.17, 15) is 14.4 Å². The minimum absolute atomic E-state index is 0. The number of carbonyl (C=O) groups is 3. The molecule has 0 atom stereocenters. The van der Waals surface area contributed by atoms with Crippen LogP contribution in [0.2, 0.25) is 0 Å². The summed E-state index contributed by atoms with van der Waals surface area (Å²) < 4.78 is 0. The maximum absolute atomic E-state index is 10.9. The highest BCUT2D eigenvalue weighted by Crippen LogP contribution is 2.01. The third kappa shape index (κ3) is 8.26. The third-order valence-electron chi connectivity index (χ3n) is 1.40. The molecule has 0 amide bonds. The minimum atomic E-state index is -0.687. The van der Waals surface area contributed by atoms with E-state index in [1.807, 2.05) is 0 Å². The Balaban J connectivity index is 0. The van der Waals surface area contributed by atoms with Gasteiger partial charge in [-0.3, -0.25) is 14.4 Å². The van der Waals surface area contributed by atoms with Crippen molar-refractivity contribution in [2.24, 2.45) is 0 Å². The molecule has 0 saturated heterocycles. The second kappa shape index (κ2) is 9.65. The average Bonchev–Trinajstić information content (AvgIpc) is 2.28. The normalized spacial score (nSPS) is 9.18. The van der Waals surface area contributed by atoms with Gasteiger partial charge in [-0.1, -0.05) is 20.8 Å². The molecule has 3 radical (unpaired) electrons. The number of carbonyl (C=O) groups excluding carboxylic acids is 3. The monoisotopic (exact) mass is 244 g/mol. The van der Waals surface area contributed by atoms with Crippen molar-refractivity contribution in [3.63, 3.8) is 0 Å². The molecule has 0 N–H and O–H groups in total. The van der Waals surface area contributed by atoms with Gasteiger partial charge in [-0.05, 0) is 0 Å². The summed E-state index contributed by atoms with van der Waals surface area (Å²) in [6.45, 7) is 4.64. The minimum Gasteiger partial charge on any atom is -0.300 e. The lowest BCUT2D eigenvalue weighted by molar-refractivity contribution is -0.464. The molecule has 0 fully saturated rings. The topological polar surface area (TPSA) is 82.1 Å². The Bertz CT molecular complexity index is 227. The maximum Gasteiger partial charge on any atom is 0.332 e. The Morgan fingerprint density at radius 2 is 1.00 bits per heavy atom. The van der Waals surface area contributed by atoms with Crippen LogP contribution in [0, 0.1) is 0 Å². The molecule has 0 saturated carbocycles. The summed E-state index contributed by atoms with van der Waals surface area (Å²) in [6, 6.07) is 0. The molecule has 17 heavy (non-hydrogen) atoms. The lowest BCUT2D eigenvalue weighted by Crippen LogP contribution is -2.32. The van der Waals surface area contributed by atoms with Gasteiger partial charge in [0.25, 0.3) is 0 Å². The van der Waals surface area contributed by atoms with Crippen molar-refractivity contribution in [2.75, 3.05) is 0 Å². The van der Waals surface area contributed by atoms with Crippen LogP contribution in [0.3, 0.4) is 0 Å². The predicted molar refractivity (Wildman–Crippen MR) is 56.7 cm³/mol. The number of nitrogens with zero attached hydrogens (tertiary/aromatic N) is 1. The van der Waals surface area contributed by atoms with Crippen LogP contribution in [0.4, 0.5) is 0 Å². The molecule has 0 unspecified atom stereocenters. The fraction of sp³-hybridized carbons (Fsp3) is 0.667. The third-order valence-corrected chi connectivity index (χ3v) is 1.40. The van der Waals surface area contributed by atoms with Gasteiger partial charge in [0.1, 0.15) is 0 Å². The van der Waals surface area contributed by atoms with E-state index in [1.54, 1.807) is 20.8 Å². The van der Waals surface area contributed by atoms with Crippen LogP contribution in [0.5, 0.6) is 0 Å². The Labute approximate surface area is 101 Å². The van der Waals surface area contributed by atoms with Crippen LogP contribution in [0.25, 0.3) is 0 Å². The molecule has 0 aliphatic carbocycles. The van der Waals surface area contributed by atoms with Gasteiger partial charge in [-0.15, -0.1) is 0 Å². The van der Waals surface area contributed by atoms with E-state index in [1.165, 1.54) is 0 Å². The van der Waals surface area contributed by atoms with E-state index in [2.05, 4.69) is 14.5 Å². The van der Waals surface area contributed by atoms with Crippen LogP contribution >= 0.6 is 0 Å². The van der Waals surface area contributed by atoms with Crippen LogP contribution in [0.15, 0.2) is 0 Å². The summed E-state index contributed by atoms with van der Waals surface area (Å²) >= 11 is 0. The first-order chi connectivity index (χ1) is 7.53. The molecule has 0 aromatic carbocycles. The van der Waals surface area contributed by atoms with Crippen molar-refractivity contribution in [1.82, 2.24) is 5.39 Å². The molecule has 0 spiro atoms. The van der Waals surface area contributed by atoms with Crippen LogP contribution in [0.1, 0.15) is 40.0 Å². The molecule has 0 aliphatic rings. The summed E-state index contributed by atoms with van der Waals surface area (Å²) in [4.78, 5) is 46.1. The van der Waals surface area contributed by atoms with E-state index >= 15 is 0 Å². The Morgan fingerprint density at radius 3 is 1.18 bits per heavy atom. The molecule has 8 heteroatoms. The SMILES string of the molecule is CCC(=O)ON(OC(=O)CC)OC(=O)CC.[B]. The van der Waals surface area contributed by atoms with Gasteiger partial charge in [-0.2, -0.15) is 0 Å². The number of rotatable bonds is 6. The average molecular weight is 244 g/mol. The quantitative estimate of drug-likeness (QED) is 0.497. The van der Waals surface area contributed by atoms with Crippen molar-refractivity contribution >= 4 is 26.3 Å². The second-order valence-electron chi connectivity index (χ2n) is 2.67. The lowest BCUT2D eigenvalue weighted by atomic mass is 10.5. The van der Waals surface area contributed by atoms with Crippen molar-refractivity contribution in [1.29, 1.82) is 0 Å². The molecule has 0 aromatic rings. The van der Waals surface area contributed by atoms with Crippen LogP contribution in [-0.2, 0) is 28.9 Å². The molecule has 0 aromatic heterocycles. The first-order valence-corrected chi connectivity index (χ1v) is 4.95. The van der Waals surface area contributed by atoms with Crippen LogP contribution in [-0.4, -0.2) is 31.7 Å². The molecule has 0 bridgehead atoms. The molecule has 7 nitrogen and oxygen atoms in total. The Morgan fingerprint density at radius 1 is 0.765 bits per heavy atom. The molecular weight excluding hydrogens is 229 g/mol. The zero-order valence-corrected chi connectivity index (χ0v) is 10.1. The number of hydrogen-bond donors (Lipinski definition) is 0. The zero-order chi connectivity index (χ0) is 12.6. The van der Waals surface area contributed by atoms with Gasteiger partial charge in [-0.25, -0.2) is 0 Å². The van der Waals surface area contributed by atoms with Crippen molar-refractivity contribution in [2.45, 2.75) is 40.0 Å². The predicted octanol–water partition coefficient (Wildman–Crippen LogP) is 0.512. The Kier molecular flexibility index (Phi) is 10.1. The summed E-state index contributed by atoms with van der Waals surface area (Å²) in [5, 5.41) is 0.142. The molecule has 0 heterocycles. The summed E-state index contributed by atoms with van der Waals surface area (Å²) in [7, 11) is 0. The molecule has 0 rings (SSSR count). The summed E-state index contributed by atoms with van der Waals surface area (Å²) in [5.74, 6) is -2.06. The summed E-state index contributed by atoms with van der Waals surface area (Å²) in [5.41, 5.74) is 0. The fourth-order valence-corrected chi connectivity index (χ4v) is 0.499. The highest BCUT2D eigenvalue weighted by atomic mass is 17.2. The smallest absolute Gasteiger partial charge is 0.300 e. The Hall–Kier alpha value is -1.57. The van der Waals surface area contributed by atoms with Crippen molar-refractivity contribution in [3.8, 4) is 0 Å². The maximum atomic E-state index is 10.9. The van der Waals surface area contributed by atoms with Gasteiger partial charge in [0.15, 0.2) is 0 Å². The highest BCUT2D eigenvalue weighted by Gasteiger charge is 2.20. The van der Waals surface area contributed by atoms with Gasteiger partial charge < -0.3 is 14.5 Å². The first kappa shape index (κ1) is 17.8. The van der Waals surface area contributed by atoms with E-state index < -0.39 is 17.9 Å². The van der Waals surface area contributed by atoms with Gasteiger partial charge in [0.2, 0.25) is 5.39 Å². The van der Waals surface area contributed by atoms with Gasteiger partial charge in [0, 0.05) is 27.7 Å². The highest BCUT2D eigenvalue weighted by molar-refractivity contribution is 5.75. The van der Waals surface area contributed by atoms with Crippen molar-refractivity contribution < 1.29 is 28.9 Å². The van der Waals surface area contributed by atoms with Crippen LogP contribution < -0.4 is 0 Å². The molecular formula is C9H15BNO6. The lowest BCUT2D eigenvalue weighted by Gasteiger charge is -2.16. The number of hydrogen-bond acceptors (Lipinski definition) is 7. The zero-order valence-electron chi connectivity index (χ0n) is 10.1. The van der Waals surface area contributed by atoms with E-state index in [0.29, 0.717) is 0 Å². The fourth-order valence-electron chi connectivity index (χ4n) is 0.499. The van der Waals surface area contributed by atoms with E-state index in [0.717, 1.165) is 0 Å². The molecule has 0 aliphatic heterocycles.